The number of hydrogen-bond donors (Lipinski definition) is 1. The predicted molar refractivity (Wildman–Crippen MR) is 151 cm³/mol. The Labute approximate surface area is 225 Å². The molecule has 4 rings (SSSR count). The van der Waals surface area contributed by atoms with Gasteiger partial charge in [0.1, 0.15) is 5.75 Å². The van der Waals surface area contributed by atoms with Crippen LogP contribution < -0.4 is 25.1 Å². The molecule has 198 valence electrons. The molecule has 0 bridgehead atoms. The molecular formula is C29H31N3O5S. The summed E-state index contributed by atoms with van der Waals surface area (Å²) in [6.45, 7) is 4.19. The number of hydrogen-bond acceptors (Lipinski definition) is 7. The lowest BCUT2D eigenvalue weighted by Gasteiger charge is -2.19. The Kier molecular flexibility index (Phi) is 8.58. The van der Waals surface area contributed by atoms with Crippen LogP contribution in [-0.2, 0) is 11.3 Å². The van der Waals surface area contributed by atoms with E-state index in [0.29, 0.717) is 34.0 Å². The average Bonchev–Trinajstić information content (AvgIpc) is 2.93. The summed E-state index contributed by atoms with van der Waals surface area (Å²) in [7, 11) is 4.67. The van der Waals surface area contributed by atoms with E-state index in [1.165, 1.54) is 26.0 Å². The Hall–Kier alpha value is -3.98. The van der Waals surface area contributed by atoms with Gasteiger partial charge in [-0.25, -0.2) is 4.98 Å². The van der Waals surface area contributed by atoms with E-state index >= 15 is 0 Å². The molecule has 0 aliphatic heterocycles. The summed E-state index contributed by atoms with van der Waals surface area (Å²) < 4.78 is 17.7. The Bertz CT molecular complexity index is 1500. The number of aromatic nitrogens is 2. The Morgan fingerprint density at radius 3 is 2.34 bits per heavy atom. The molecule has 1 heterocycles. The lowest BCUT2D eigenvalue weighted by Crippen LogP contribution is -2.28. The molecule has 0 spiro atoms. The lowest BCUT2D eigenvalue weighted by molar-refractivity contribution is -0.115. The third-order valence-electron chi connectivity index (χ3n) is 6.12. The van der Waals surface area contributed by atoms with Crippen molar-refractivity contribution < 1.29 is 19.0 Å². The maximum atomic E-state index is 13.8. The zero-order chi connectivity index (χ0) is 27.2. The second-order valence-electron chi connectivity index (χ2n) is 8.73. The van der Waals surface area contributed by atoms with Crippen molar-refractivity contribution in [1.82, 2.24) is 9.55 Å². The zero-order valence-corrected chi connectivity index (χ0v) is 22.9. The fourth-order valence-electron chi connectivity index (χ4n) is 4.07. The van der Waals surface area contributed by atoms with Gasteiger partial charge in [-0.2, -0.15) is 0 Å². The molecule has 0 radical (unpaired) electrons. The zero-order valence-electron chi connectivity index (χ0n) is 22.1. The molecule has 0 saturated carbocycles. The summed E-state index contributed by atoms with van der Waals surface area (Å²) in [5, 5.41) is 3.37. The number of aryl methyl sites for hydroxylation is 1. The van der Waals surface area contributed by atoms with Crippen molar-refractivity contribution in [2.24, 2.45) is 0 Å². The average molecular weight is 534 g/mol. The highest BCUT2D eigenvalue weighted by atomic mass is 32.2. The first-order valence-electron chi connectivity index (χ1n) is 12.2. The number of ether oxygens (including phenoxy) is 3. The minimum absolute atomic E-state index is 0.152. The highest BCUT2D eigenvalue weighted by molar-refractivity contribution is 8.00. The highest BCUT2D eigenvalue weighted by Crippen LogP contribution is 2.32. The van der Waals surface area contributed by atoms with Gasteiger partial charge >= 0.3 is 0 Å². The van der Waals surface area contributed by atoms with Crippen molar-refractivity contribution in [3.05, 3.63) is 82.1 Å². The van der Waals surface area contributed by atoms with Crippen molar-refractivity contribution in [3.63, 3.8) is 0 Å². The first-order valence-corrected chi connectivity index (χ1v) is 13.1. The van der Waals surface area contributed by atoms with E-state index in [9.17, 15) is 9.59 Å². The van der Waals surface area contributed by atoms with E-state index in [0.717, 1.165) is 22.6 Å². The van der Waals surface area contributed by atoms with Crippen LogP contribution in [0.1, 0.15) is 24.5 Å². The van der Waals surface area contributed by atoms with Gasteiger partial charge in [-0.15, -0.1) is 0 Å². The number of nitrogens with zero attached hydrogens (tertiary/aromatic N) is 2. The third-order valence-corrected chi connectivity index (χ3v) is 7.48. The minimum atomic E-state index is -0.470. The monoisotopic (exact) mass is 533 g/mol. The van der Waals surface area contributed by atoms with Crippen LogP contribution in [0.2, 0.25) is 0 Å². The molecule has 0 fully saturated rings. The summed E-state index contributed by atoms with van der Waals surface area (Å²) in [6, 6.07) is 18.5. The normalized spacial score (nSPS) is 11.7. The quantitative estimate of drug-likeness (QED) is 0.219. The molecule has 38 heavy (non-hydrogen) atoms. The number of thioether (sulfide) groups is 1. The molecule has 3 aromatic carbocycles. The van der Waals surface area contributed by atoms with Crippen molar-refractivity contribution in [2.75, 3.05) is 26.6 Å². The third kappa shape index (κ3) is 5.94. The fourth-order valence-corrected chi connectivity index (χ4v) is 5.08. The Balaban J connectivity index is 1.77. The van der Waals surface area contributed by atoms with Crippen molar-refractivity contribution >= 4 is 34.3 Å². The van der Waals surface area contributed by atoms with E-state index in [1.807, 2.05) is 62.4 Å². The smallest absolute Gasteiger partial charge is 0.262 e. The van der Waals surface area contributed by atoms with Crippen molar-refractivity contribution in [2.45, 2.75) is 37.2 Å². The molecule has 0 aliphatic rings. The number of carbonyl (C=O) groups excluding carboxylic acids is 1. The number of benzene rings is 3. The number of nitrogens with one attached hydrogen (secondary N) is 1. The number of anilines is 1. The van der Waals surface area contributed by atoms with Crippen LogP contribution in [0.4, 0.5) is 5.69 Å². The van der Waals surface area contributed by atoms with Gasteiger partial charge in [0.15, 0.2) is 16.7 Å². The molecule has 4 aromatic rings. The van der Waals surface area contributed by atoms with Crippen LogP contribution in [0.25, 0.3) is 10.9 Å². The standard InChI is InChI=1S/C29H31N3O5S/c1-6-26(27(33)30-20-9-7-8-18(2)14-20)38-29-31-23-16-25(37-5)24(36-4)15-22(23)28(34)32(29)17-19-10-12-21(35-3)13-11-19/h7-16,26H,6,17H2,1-5H3,(H,30,33)/t26-/m1/s1. The van der Waals surface area contributed by atoms with Gasteiger partial charge in [-0.05, 0) is 54.8 Å². The molecule has 0 saturated heterocycles. The van der Waals surface area contributed by atoms with Gasteiger partial charge in [0, 0.05) is 11.8 Å². The van der Waals surface area contributed by atoms with Crippen LogP contribution in [0.5, 0.6) is 17.2 Å². The van der Waals surface area contributed by atoms with Crippen LogP contribution in [0.15, 0.2) is 70.6 Å². The summed E-state index contributed by atoms with van der Waals surface area (Å²) in [6.07, 6.45) is 0.546. The van der Waals surface area contributed by atoms with E-state index < -0.39 is 5.25 Å². The summed E-state index contributed by atoms with van der Waals surface area (Å²) in [4.78, 5) is 31.9. The molecule has 1 amide bonds. The SMILES string of the molecule is CC[C@@H](Sc1nc2cc(OC)c(OC)cc2c(=O)n1Cc1ccc(OC)cc1)C(=O)Nc1cccc(C)c1. The number of methoxy groups -OCH3 is 3. The maximum Gasteiger partial charge on any atom is 0.262 e. The topological polar surface area (TPSA) is 91.7 Å². The van der Waals surface area contributed by atoms with Crippen LogP contribution in [0, 0.1) is 6.92 Å². The number of carbonyl (C=O) groups is 1. The molecular weight excluding hydrogens is 502 g/mol. The number of rotatable bonds is 10. The molecule has 0 unspecified atom stereocenters. The van der Waals surface area contributed by atoms with E-state index in [1.54, 1.807) is 23.8 Å². The Morgan fingerprint density at radius 2 is 1.71 bits per heavy atom. The van der Waals surface area contributed by atoms with E-state index in [2.05, 4.69) is 5.32 Å². The summed E-state index contributed by atoms with van der Waals surface area (Å²) >= 11 is 1.27. The number of fused-ring (bicyclic) bond motifs is 1. The fraction of sp³-hybridized carbons (Fsp3) is 0.276. The van der Waals surface area contributed by atoms with Gasteiger partial charge in [-0.3, -0.25) is 14.2 Å². The van der Waals surface area contributed by atoms with Crippen molar-refractivity contribution in [3.8, 4) is 17.2 Å². The molecule has 0 aliphatic carbocycles. The van der Waals surface area contributed by atoms with Crippen molar-refractivity contribution in [1.29, 1.82) is 0 Å². The molecule has 1 aromatic heterocycles. The van der Waals surface area contributed by atoms with E-state index in [4.69, 9.17) is 19.2 Å². The van der Waals surface area contributed by atoms with Gasteiger partial charge in [0.05, 0.1) is 44.0 Å². The Morgan fingerprint density at radius 1 is 1.00 bits per heavy atom. The molecule has 1 N–H and O–H groups in total. The summed E-state index contributed by atoms with van der Waals surface area (Å²) in [5.74, 6) is 1.49. The molecule has 1 atom stereocenters. The maximum absolute atomic E-state index is 13.8. The van der Waals surface area contributed by atoms with Gasteiger partial charge < -0.3 is 19.5 Å². The van der Waals surface area contributed by atoms with Gasteiger partial charge in [0.25, 0.3) is 5.56 Å². The van der Waals surface area contributed by atoms with Crippen LogP contribution >= 0.6 is 11.8 Å². The molecule has 9 heteroatoms. The van der Waals surface area contributed by atoms with E-state index in [-0.39, 0.29) is 18.0 Å². The molecule has 8 nitrogen and oxygen atoms in total. The summed E-state index contributed by atoms with van der Waals surface area (Å²) in [5.41, 5.74) is 2.91. The minimum Gasteiger partial charge on any atom is -0.497 e. The first kappa shape index (κ1) is 27.1. The first-order chi connectivity index (χ1) is 18.4. The second kappa shape index (κ2) is 12.0. The highest BCUT2D eigenvalue weighted by Gasteiger charge is 2.23. The van der Waals surface area contributed by atoms with Gasteiger partial charge in [0.2, 0.25) is 5.91 Å². The second-order valence-corrected chi connectivity index (χ2v) is 9.90. The predicted octanol–water partition coefficient (Wildman–Crippen LogP) is 5.29. The lowest BCUT2D eigenvalue weighted by atomic mass is 10.2. The largest absolute Gasteiger partial charge is 0.497 e. The van der Waals surface area contributed by atoms with Crippen LogP contribution in [-0.4, -0.2) is 42.0 Å². The number of amides is 1. The van der Waals surface area contributed by atoms with Crippen LogP contribution in [0.3, 0.4) is 0 Å². The van der Waals surface area contributed by atoms with Gasteiger partial charge in [-0.1, -0.05) is 43.0 Å².